The summed E-state index contributed by atoms with van der Waals surface area (Å²) in [6.07, 6.45) is -1.09. The predicted molar refractivity (Wildman–Crippen MR) is 40.5 cm³/mol. The van der Waals surface area contributed by atoms with Gasteiger partial charge in [0.25, 0.3) is 0 Å². The molecule has 13 heavy (non-hydrogen) atoms. The molecule has 0 aliphatic carbocycles. The summed E-state index contributed by atoms with van der Waals surface area (Å²) in [7, 11) is 5.66. The third kappa shape index (κ3) is 15.1. The molecule has 5 nitrogen and oxygen atoms in total. The molecular formula is C7H16NNaO4. The molecule has 0 spiro atoms. The SMILES string of the molecule is C[N+](C)(C)C[C@H](O)CC(=O)[O-].[Na+].[OH-]. The quantitative estimate of drug-likeness (QED) is 0.364. The molecule has 0 unspecified atom stereocenters. The van der Waals surface area contributed by atoms with Crippen LogP contribution in [0.5, 0.6) is 0 Å². The molecule has 0 aliphatic heterocycles. The van der Waals surface area contributed by atoms with E-state index < -0.39 is 12.1 Å². The Morgan fingerprint density at radius 3 is 2.08 bits per heavy atom. The number of nitrogens with zero attached hydrogens (tertiary/aromatic N) is 1. The fourth-order valence-corrected chi connectivity index (χ4v) is 0.889. The molecular weight excluding hydrogens is 185 g/mol. The van der Waals surface area contributed by atoms with Crippen LogP contribution in [0.1, 0.15) is 6.42 Å². The number of aliphatic hydroxyl groups is 1. The van der Waals surface area contributed by atoms with Crippen molar-refractivity contribution in [1.82, 2.24) is 0 Å². The fraction of sp³-hybridized carbons (Fsp3) is 0.857. The topological polar surface area (TPSA) is 90.4 Å². The number of aliphatic hydroxyl groups excluding tert-OH is 1. The van der Waals surface area contributed by atoms with Gasteiger partial charge in [0.15, 0.2) is 0 Å². The minimum absolute atomic E-state index is 0. The molecule has 0 aromatic heterocycles. The van der Waals surface area contributed by atoms with Gasteiger partial charge >= 0.3 is 29.6 Å². The molecule has 0 heterocycles. The fourth-order valence-electron chi connectivity index (χ4n) is 0.889. The largest absolute Gasteiger partial charge is 1.00 e. The minimum Gasteiger partial charge on any atom is -0.870 e. The van der Waals surface area contributed by atoms with Crippen molar-refractivity contribution in [1.29, 1.82) is 0 Å². The van der Waals surface area contributed by atoms with Crippen molar-refractivity contribution in [2.75, 3.05) is 27.7 Å². The van der Waals surface area contributed by atoms with Gasteiger partial charge in [0.05, 0.1) is 21.1 Å². The van der Waals surface area contributed by atoms with Gasteiger partial charge in [-0.3, -0.25) is 0 Å². The van der Waals surface area contributed by atoms with Crippen LogP contribution >= 0.6 is 0 Å². The van der Waals surface area contributed by atoms with Gasteiger partial charge in [0, 0.05) is 12.4 Å². The smallest absolute Gasteiger partial charge is 0.870 e. The van der Waals surface area contributed by atoms with Crippen LogP contribution in [0.3, 0.4) is 0 Å². The van der Waals surface area contributed by atoms with E-state index in [-0.39, 0.29) is 41.5 Å². The van der Waals surface area contributed by atoms with Gasteiger partial charge in [-0.15, -0.1) is 0 Å². The third-order valence-corrected chi connectivity index (χ3v) is 1.16. The van der Waals surface area contributed by atoms with Gasteiger partial charge in [0.1, 0.15) is 12.6 Å². The normalized spacial score (nSPS) is 12.3. The Bertz CT molecular complexity index is 146. The number of rotatable bonds is 4. The first-order valence-electron chi connectivity index (χ1n) is 3.49. The zero-order chi connectivity index (χ0) is 9.07. The van der Waals surface area contributed by atoms with Crippen LogP contribution in [-0.2, 0) is 4.79 Å². The molecule has 0 saturated carbocycles. The number of carboxylic acid groups (broad SMARTS) is 1. The molecule has 0 radical (unpaired) electrons. The maximum atomic E-state index is 10.0. The van der Waals surface area contributed by atoms with E-state index in [1.807, 2.05) is 21.1 Å². The summed E-state index contributed by atoms with van der Waals surface area (Å²) in [6, 6.07) is 0. The van der Waals surface area contributed by atoms with E-state index in [2.05, 4.69) is 0 Å². The van der Waals surface area contributed by atoms with Crippen LogP contribution in [0, 0.1) is 0 Å². The molecule has 2 N–H and O–H groups in total. The number of likely N-dealkylation sites (N-methyl/N-ethyl adjacent to an activating group) is 1. The number of hydrogen-bond acceptors (Lipinski definition) is 4. The summed E-state index contributed by atoms with van der Waals surface area (Å²) in [5, 5.41) is 19.1. The summed E-state index contributed by atoms with van der Waals surface area (Å²) in [6.45, 7) is 0.425. The second-order valence-corrected chi connectivity index (χ2v) is 3.70. The van der Waals surface area contributed by atoms with E-state index in [1.54, 1.807) is 0 Å². The summed E-state index contributed by atoms with van der Waals surface area (Å²) in [5.74, 6) is -1.20. The number of carboxylic acids is 1. The summed E-state index contributed by atoms with van der Waals surface area (Å²) in [4.78, 5) is 10.0. The first-order valence-corrected chi connectivity index (χ1v) is 3.49. The molecule has 0 saturated heterocycles. The number of carbonyl (C=O) groups is 1. The van der Waals surface area contributed by atoms with E-state index in [9.17, 15) is 9.90 Å². The maximum absolute atomic E-state index is 10.0. The second kappa shape index (κ2) is 7.73. The van der Waals surface area contributed by atoms with Gasteiger partial charge in [-0.05, 0) is 0 Å². The Labute approximate surface area is 101 Å². The monoisotopic (exact) mass is 201 g/mol. The van der Waals surface area contributed by atoms with Crippen LogP contribution in [0.15, 0.2) is 0 Å². The van der Waals surface area contributed by atoms with Crippen molar-refractivity contribution in [3.05, 3.63) is 0 Å². The molecule has 0 aromatic carbocycles. The second-order valence-electron chi connectivity index (χ2n) is 3.70. The van der Waals surface area contributed by atoms with E-state index in [1.165, 1.54) is 0 Å². The van der Waals surface area contributed by atoms with Crippen LogP contribution in [0.4, 0.5) is 0 Å². The summed E-state index contributed by atoms with van der Waals surface area (Å²) >= 11 is 0. The zero-order valence-corrected chi connectivity index (χ0v) is 10.6. The van der Waals surface area contributed by atoms with Crippen LogP contribution < -0.4 is 34.7 Å². The van der Waals surface area contributed by atoms with Crippen LogP contribution in [0.2, 0.25) is 0 Å². The molecule has 0 bridgehead atoms. The van der Waals surface area contributed by atoms with Crippen molar-refractivity contribution < 1.29 is 54.5 Å². The van der Waals surface area contributed by atoms with Crippen LogP contribution in [0.25, 0.3) is 0 Å². The Kier molecular flexibility index (Phi) is 11.3. The molecule has 0 aromatic rings. The standard InChI is InChI=1S/C7H15NO3.Na.H2O/c1-8(2,3)5-6(9)4-7(10)11;;/h6,9H,4-5H2,1-3H3;;1H2/q;+1;/p-1/t6-;;/m1../s1. The molecule has 1 atom stereocenters. The summed E-state index contributed by atoms with van der Waals surface area (Å²) in [5.41, 5.74) is 0. The first kappa shape index (κ1) is 19.0. The van der Waals surface area contributed by atoms with Gasteiger partial charge in [-0.2, -0.15) is 0 Å². The number of carbonyl (C=O) groups excluding carboxylic acids is 1. The van der Waals surface area contributed by atoms with Crippen molar-refractivity contribution >= 4 is 5.97 Å². The van der Waals surface area contributed by atoms with E-state index in [0.717, 1.165) is 0 Å². The zero-order valence-electron chi connectivity index (χ0n) is 8.65. The molecule has 6 heteroatoms. The van der Waals surface area contributed by atoms with Crippen molar-refractivity contribution in [3.8, 4) is 0 Å². The molecule has 74 valence electrons. The van der Waals surface area contributed by atoms with E-state index in [4.69, 9.17) is 5.11 Å². The van der Waals surface area contributed by atoms with E-state index >= 15 is 0 Å². The Hall–Kier alpha value is 0.350. The predicted octanol–water partition coefficient (Wildman–Crippen LogP) is -4.98. The Morgan fingerprint density at radius 1 is 1.46 bits per heavy atom. The van der Waals surface area contributed by atoms with Crippen molar-refractivity contribution in [2.45, 2.75) is 12.5 Å². The molecule has 0 fully saturated rings. The third-order valence-electron chi connectivity index (χ3n) is 1.16. The van der Waals surface area contributed by atoms with Gasteiger partial charge < -0.3 is 25.0 Å². The van der Waals surface area contributed by atoms with Crippen molar-refractivity contribution in [2.24, 2.45) is 0 Å². The minimum atomic E-state index is -1.20. The average Bonchev–Trinajstić information content (AvgIpc) is 1.53. The number of hydrogen-bond donors (Lipinski definition) is 1. The Balaban J connectivity index is -0.000000500. The Morgan fingerprint density at radius 2 is 1.85 bits per heavy atom. The molecule has 0 rings (SSSR count). The van der Waals surface area contributed by atoms with Crippen LogP contribution in [-0.4, -0.2) is 54.8 Å². The molecule has 0 amide bonds. The van der Waals surface area contributed by atoms with Gasteiger partial charge in [-0.25, -0.2) is 0 Å². The molecule has 0 aliphatic rings. The van der Waals surface area contributed by atoms with Gasteiger partial charge in [-0.1, -0.05) is 0 Å². The van der Waals surface area contributed by atoms with Crippen molar-refractivity contribution in [3.63, 3.8) is 0 Å². The average molecular weight is 201 g/mol. The van der Waals surface area contributed by atoms with Gasteiger partial charge in [0.2, 0.25) is 0 Å². The number of quaternary nitrogens is 1. The maximum Gasteiger partial charge on any atom is 1.00 e. The number of aliphatic carboxylic acids is 1. The summed E-state index contributed by atoms with van der Waals surface area (Å²) < 4.78 is 0.550. The van der Waals surface area contributed by atoms with E-state index in [0.29, 0.717) is 11.0 Å². The first-order chi connectivity index (χ1) is 4.81.